The van der Waals surface area contributed by atoms with Crippen LogP contribution < -0.4 is 4.74 Å². The maximum Gasteiger partial charge on any atom is 0.387 e. The lowest BCUT2D eigenvalue weighted by Gasteiger charge is -2.32. The zero-order chi connectivity index (χ0) is 23.6. The minimum Gasteiger partial charge on any atom is -0.429 e. The summed E-state index contributed by atoms with van der Waals surface area (Å²) in [7, 11) is 0. The molecule has 0 radical (unpaired) electrons. The third-order valence-corrected chi connectivity index (χ3v) is 7.86. The molecule has 2 aliphatic rings. The topological polar surface area (TPSA) is 9.23 Å². The van der Waals surface area contributed by atoms with Gasteiger partial charge in [-0.3, -0.25) is 0 Å². The van der Waals surface area contributed by atoms with E-state index in [1.807, 2.05) is 0 Å². The molecule has 33 heavy (non-hydrogen) atoms. The van der Waals surface area contributed by atoms with E-state index >= 15 is 0 Å². The van der Waals surface area contributed by atoms with E-state index in [1.165, 1.54) is 76.3 Å². The fourth-order valence-corrected chi connectivity index (χ4v) is 5.82. The van der Waals surface area contributed by atoms with Crippen molar-refractivity contribution in [3.05, 3.63) is 41.5 Å². The Kier molecular flexibility index (Phi) is 10.6. The molecule has 3 rings (SSSR count). The summed E-state index contributed by atoms with van der Waals surface area (Å²) in [6, 6.07) is 2.34. The van der Waals surface area contributed by atoms with Crippen LogP contribution in [0.25, 0.3) is 0 Å². The Hall–Kier alpha value is -1.52. The predicted molar refractivity (Wildman–Crippen MR) is 126 cm³/mol. The van der Waals surface area contributed by atoms with Crippen LogP contribution in [0.1, 0.15) is 108 Å². The van der Waals surface area contributed by atoms with E-state index in [1.54, 1.807) is 0 Å². The largest absolute Gasteiger partial charge is 0.429 e. The molecule has 1 nitrogen and oxygen atoms in total. The molecule has 0 atom stereocenters. The van der Waals surface area contributed by atoms with Crippen molar-refractivity contribution in [2.75, 3.05) is 0 Å². The van der Waals surface area contributed by atoms with Crippen LogP contribution in [-0.2, 0) is 0 Å². The second kappa shape index (κ2) is 13.4. The summed E-state index contributed by atoms with van der Waals surface area (Å²) in [4.78, 5) is 0. The zero-order valence-corrected chi connectivity index (χ0v) is 20.0. The molecule has 2 fully saturated rings. The van der Waals surface area contributed by atoms with E-state index in [9.17, 15) is 17.6 Å². The molecule has 186 valence electrons. The van der Waals surface area contributed by atoms with Crippen LogP contribution in [0.15, 0.2) is 24.3 Å². The Bertz CT molecular complexity index is 708. The van der Waals surface area contributed by atoms with Gasteiger partial charge in [0, 0.05) is 0 Å². The lowest BCUT2D eigenvalue weighted by atomic mass is 9.74. The molecule has 0 unspecified atom stereocenters. The van der Waals surface area contributed by atoms with Crippen molar-refractivity contribution in [2.24, 2.45) is 17.8 Å². The zero-order valence-electron chi connectivity index (χ0n) is 20.0. The molecule has 1 aromatic rings. The first kappa shape index (κ1) is 26.1. The van der Waals surface area contributed by atoms with Gasteiger partial charge in [-0.1, -0.05) is 64.0 Å². The van der Waals surface area contributed by atoms with Crippen LogP contribution >= 0.6 is 0 Å². The number of rotatable bonds is 11. The summed E-state index contributed by atoms with van der Waals surface area (Å²) in [5.74, 6) is -0.516. The van der Waals surface area contributed by atoms with Gasteiger partial charge in [-0.05, 0) is 86.3 Å². The number of hydrogen-bond donors (Lipinski definition) is 0. The van der Waals surface area contributed by atoms with Crippen molar-refractivity contribution in [3.8, 4) is 5.75 Å². The number of allylic oxidation sites excluding steroid dienone is 2. The fraction of sp³-hybridized carbons (Fsp3) is 0.714. The number of unbranched alkanes of at least 4 members (excludes halogenated alkanes) is 1. The van der Waals surface area contributed by atoms with Crippen molar-refractivity contribution in [3.63, 3.8) is 0 Å². The Morgan fingerprint density at radius 3 is 1.79 bits per heavy atom. The van der Waals surface area contributed by atoms with Gasteiger partial charge in [0.05, 0.1) is 0 Å². The van der Waals surface area contributed by atoms with E-state index in [-0.39, 0.29) is 5.92 Å². The van der Waals surface area contributed by atoms with Crippen LogP contribution in [0.2, 0.25) is 0 Å². The van der Waals surface area contributed by atoms with Gasteiger partial charge in [0.1, 0.15) is 0 Å². The lowest BCUT2D eigenvalue weighted by molar-refractivity contribution is -0.0546. The Morgan fingerprint density at radius 2 is 1.27 bits per heavy atom. The highest BCUT2D eigenvalue weighted by Crippen LogP contribution is 2.41. The first-order valence-corrected chi connectivity index (χ1v) is 13.0. The monoisotopic (exact) mass is 468 g/mol. The molecule has 0 spiro atoms. The van der Waals surface area contributed by atoms with E-state index < -0.39 is 24.0 Å². The van der Waals surface area contributed by atoms with E-state index in [0.717, 1.165) is 37.5 Å². The minimum atomic E-state index is -3.24. The van der Waals surface area contributed by atoms with Gasteiger partial charge < -0.3 is 4.74 Å². The third-order valence-electron chi connectivity index (χ3n) is 7.86. The SMILES string of the molecule is CCC/C=C/CCC1CCC(CCC2CCC(c3cc(F)c(OC(F)F)c(F)c3)CC2)CC1. The van der Waals surface area contributed by atoms with E-state index in [2.05, 4.69) is 23.8 Å². The summed E-state index contributed by atoms with van der Waals surface area (Å²) in [5.41, 5.74) is 0.563. The van der Waals surface area contributed by atoms with E-state index in [0.29, 0.717) is 11.5 Å². The second-order valence-electron chi connectivity index (χ2n) is 10.2. The Morgan fingerprint density at radius 1 is 0.788 bits per heavy atom. The van der Waals surface area contributed by atoms with Crippen LogP contribution in [0.3, 0.4) is 0 Å². The molecule has 2 aliphatic carbocycles. The van der Waals surface area contributed by atoms with Gasteiger partial charge >= 0.3 is 6.61 Å². The highest BCUT2D eigenvalue weighted by atomic mass is 19.3. The summed E-state index contributed by atoms with van der Waals surface area (Å²) in [6.07, 6.45) is 21.7. The summed E-state index contributed by atoms with van der Waals surface area (Å²) < 4.78 is 56.8. The maximum atomic E-state index is 14.1. The second-order valence-corrected chi connectivity index (χ2v) is 10.2. The average Bonchev–Trinajstić information content (AvgIpc) is 2.81. The van der Waals surface area contributed by atoms with Crippen molar-refractivity contribution in [2.45, 2.75) is 109 Å². The van der Waals surface area contributed by atoms with Gasteiger partial charge in [0.2, 0.25) is 0 Å². The molecule has 0 aromatic heterocycles. The molecule has 0 aliphatic heterocycles. The smallest absolute Gasteiger partial charge is 0.387 e. The molecule has 0 heterocycles. The number of hydrogen-bond acceptors (Lipinski definition) is 1. The molecule has 2 saturated carbocycles. The van der Waals surface area contributed by atoms with Crippen molar-refractivity contribution < 1.29 is 22.3 Å². The molecule has 5 heteroatoms. The number of halogens is 4. The van der Waals surface area contributed by atoms with Crippen LogP contribution in [0.4, 0.5) is 17.6 Å². The summed E-state index contributed by atoms with van der Waals surface area (Å²) in [5, 5.41) is 0. The molecular formula is C28H40F4O. The highest BCUT2D eigenvalue weighted by molar-refractivity contribution is 5.33. The Balaban J connectivity index is 1.35. The summed E-state index contributed by atoms with van der Waals surface area (Å²) in [6.45, 7) is -1.02. The normalized spacial score (nSPS) is 26.2. The number of ether oxygens (including phenoxy) is 1. The van der Waals surface area contributed by atoms with Gasteiger partial charge in [0.15, 0.2) is 17.4 Å². The van der Waals surface area contributed by atoms with Crippen molar-refractivity contribution in [1.29, 1.82) is 0 Å². The minimum absolute atomic E-state index is 0.0904. The fourth-order valence-electron chi connectivity index (χ4n) is 5.82. The third kappa shape index (κ3) is 8.33. The van der Waals surface area contributed by atoms with Crippen molar-refractivity contribution >= 4 is 0 Å². The van der Waals surface area contributed by atoms with Crippen molar-refractivity contribution in [1.82, 2.24) is 0 Å². The van der Waals surface area contributed by atoms with Gasteiger partial charge in [-0.2, -0.15) is 8.78 Å². The molecule has 1 aromatic carbocycles. The Labute approximate surface area is 197 Å². The average molecular weight is 469 g/mol. The predicted octanol–water partition coefficient (Wildman–Crippen LogP) is 9.56. The number of alkyl halides is 2. The molecule has 0 amide bonds. The first-order valence-electron chi connectivity index (χ1n) is 13.0. The maximum absolute atomic E-state index is 14.1. The molecule has 0 bridgehead atoms. The lowest BCUT2D eigenvalue weighted by Crippen LogP contribution is -2.18. The first-order chi connectivity index (χ1) is 16.0. The standard InChI is InChI=1S/C28H40F4O/c1-2-3-4-5-6-7-20-8-10-21(11-9-20)12-13-22-14-16-23(17-15-22)24-18-25(29)27(26(30)19-24)33-28(31)32/h4-5,18-23,28H,2-3,6-17H2,1H3/b5-4+. The number of benzene rings is 1. The van der Waals surface area contributed by atoms with Gasteiger partial charge in [0.25, 0.3) is 0 Å². The highest BCUT2D eigenvalue weighted by Gasteiger charge is 2.27. The van der Waals surface area contributed by atoms with Gasteiger partial charge in [-0.15, -0.1) is 0 Å². The quantitative estimate of drug-likeness (QED) is 0.232. The van der Waals surface area contributed by atoms with Crippen LogP contribution in [-0.4, -0.2) is 6.61 Å². The van der Waals surface area contributed by atoms with E-state index in [4.69, 9.17) is 0 Å². The molecule has 0 N–H and O–H groups in total. The van der Waals surface area contributed by atoms with Crippen LogP contribution in [0.5, 0.6) is 5.75 Å². The molecular weight excluding hydrogens is 428 g/mol. The van der Waals surface area contributed by atoms with Gasteiger partial charge in [-0.25, -0.2) is 8.78 Å². The van der Waals surface area contributed by atoms with Crippen LogP contribution in [0, 0.1) is 29.4 Å². The summed E-state index contributed by atoms with van der Waals surface area (Å²) >= 11 is 0. The molecule has 0 saturated heterocycles.